The second-order valence-electron chi connectivity index (χ2n) is 9.60. The van der Waals surface area contributed by atoms with E-state index in [4.69, 9.17) is 9.84 Å². The van der Waals surface area contributed by atoms with Gasteiger partial charge in [0.1, 0.15) is 5.75 Å². The molecule has 1 aliphatic heterocycles. The maximum atomic E-state index is 12.5. The summed E-state index contributed by atoms with van der Waals surface area (Å²) in [5, 5.41) is 14.9. The highest BCUT2D eigenvalue weighted by Gasteiger charge is 2.27. The molecule has 192 valence electrons. The SMILES string of the molecule is O=C(NCCNC(=O)C1CCN(c2ccccc2)CC1)c1ccc(OC2CCC(C(=O)O)CC2)cc1. The Labute approximate surface area is 212 Å². The van der Waals surface area contributed by atoms with E-state index in [0.29, 0.717) is 37.2 Å². The van der Waals surface area contributed by atoms with Crippen LogP contribution < -0.4 is 20.3 Å². The summed E-state index contributed by atoms with van der Waals surface area (Å²) in [4.78, 5) is 38.3. The fraction of sp³-hybridized carbons (Fsp3) is 0.464. The molecule has 0 unspecified atom stereocenters. The third-order valence-electron chi connectivity index (χ3n) is 7.14. The van der Waals surface area contributed by atoms with Gasteiger partial charge in [-0.05, 0) is 74.9 Å². The van der Waals surface area contributed by atoms with Crippen LogP contribution >= 0.6 is 0 Å². The molecule has 1 aliphatic carbocycles. The van der Waals surface area contributed by atoms with Crippen molar-refractivity contribution in [3.63, 3.8) is 0 Å². The number of piperidine rings is 1. The fourth-order valence-corrected chi connectivity index (χ4v) is 4.95. The quantitative estimate of drug-likeness (QED) is 0.462. The van der Waals surface area contributed by atoms with E-state index in [-0.39, 0.29) is 29.8 Å². The number of anilines is 1. The lowest BCUT2D eigenvalue weighted by Gasteiger charge is -2.33. The zero-order valence-electron chi connectivity index (χ0n) is 20.5. The van der Waals surface area contributed by atoms with E-state index < -0.39 is 5.97 Å². The molecular weight excluding hydrogens is 458 g/mol. The number of carbonyl (C=O) groups is 3. The van der Waals surface area contributed by atoms with Crippen molar-refractivity contribution < 1.29 is 24.2 Å². The van der Waals surface area contributed by atoms with Crippen LogP contribution in [0.15, 0.2) is 54.6 Å². The van der Waals surface area contributed by atoms with Crippen LogP contribution in [0.1, 0.15) is 48.9 Å². The van der Waals surface area contributed by atoms with Gasteiger partial charge < -0.3 is 25.4 Å². The number of hydrogen-bond donors (Lipinski definition) is 3. The van der Waals surface area contributed by atoms with Gasteiger partial charge in [-0.3, -0.25) is 14.4 Å². The number of aliphatic carboxylic acids is 1. The molecule has 0 radical (unpaired) electrons. The first-order valence-corrected chi connectivity index (χ1v) is 12.8. The van der Waals surface area contributed by atoms with E-state index in [1.165, 1.54) is 5.69 Å². The van der Waals surface area contributed by atoms with E-state index in [9.17, 15) is 14.4 Å². The van der Waals surface area contributed by atoms with Gasteiger partial charge in [-0.2, -0.15) is 0 Å². The molecule has 36 heavy (non-hydrogen) atoms. The van der Waals surface area contributed by atoms with Crippen molar-refractivity contribution in [2.24, 2.45) is 11.8 Å². The molecular formula is C28H35N3O5. The minimum absolute atomic E-state index is 0.00684. The highest BCUT2D eigenvalue weighted by atomic mass is 16.5. The Hall–Kier alpha value is -3.55. The number of carboxylic acid groups (broad SMARTS) is 1. The molecule has 1 heterocycles. The van der Waals surface area contributed by atoms with Crippen LogP contribution in [-0.2, 0) is 9.59 Å². The number of hydrogen-bond acceptors (Lipinski definition) is 5. The maximum absolute atomic E-state index is 12.5. The van der Waals surface area contributed by atoms with Gasteiger partial charge in [0.25, 0.3) is 5.91 Å². The molecule has 1 saturated heterocycles. The Morgan fingerprint density at radius 1 is 0.806 bits per heavy atom. The van der Waals surface area contributed by atoms with E-state index in [1.54, 1.807) is 24.3 Å². The van der Waals surface area contributed by atoms with Crippen LogP contribution in [-0.4, -0.2) is 55.2 Å². The van der Waals surface area contributed by atoms with Crippen molar-refractivity contribution in [1.29, 1.82) is 0 Å². The second kappa shape index (κ2) is 12.4. The number of amides is 2. The first-order valence-electron chi connectivity index (χ1n) is 12.8. The smallest absolute Gasteiger partial charge is 0.306 e. The standard InChI is InChI=1S/C28H35N3O5/c32-26(20-6-10-24(11-7-20)36-25-12-8-22(9-13-25)28(34)35)29-16-17-30-27(33)21-14-18-31(19-15-21)23-4-2-1-3-5-23/h1-7,10-11,21-22,25H,8-9,12-19H2,(H,29,32)(H,30,33)(H,34,35). The third-order valence-corrected chi connectivity index (χ3v) is 7.14. The lowest BCUT2D eigenvalue weighted by atomic mass is 9.87. The summed E-state index contributed by atoms with van der Waals surface area (Å²) < 4.78 is 5.96. The van der Waals surface area contributed by atoms with Crippen molar-refractivity contribution >= 4 is 23.5 Å². The van der Waals surface area contributed by atoms with Crippen molar-refractivity contribution in [3.05, 3.63) is 60.2 Å². The summed E-state index contributed by atoms with van der Waals surface area (Å²) in [5.41, 5.74) is 1.72. The first-order chi connectivity index (χ1) is 17.5. The Balaban J connectivity index is 1.12. The first kappa shape index (κ1) is 25.5. The fourth-order valence-electron chi connectivity index (χ4n) is 4.95. The Bertz CT molecular complexity index is 1010. The number of benzene rings is 2. The van der Waals surface area contributed by atoms with Gasteiger partial charge in [0.2, 0.25) is 5.91 Å². The van der Waals surface area contributed by atoms with Gasteiger partial charge in [0, 0.05) is 43.3 Å². The van der Waals surface area contributed by atoms with Gasteiger partial charge in [0.05, 0.1) is 12.0 Å². The number of nitrogens with one attached hydrogen (secondary N) is 2. The van der Waals surface area contributed by atoms with Gasteiger partial charge in [0.15, 0.2) is 0 Å². The largest absolute Gasteiger partial charge is 0.490 e. The van der Waals surface area contributed by atoms with Crippen molar-refractivity contribution in [3.8, 4) is 5.75 Å². The molecule has 4 rings (SSSR count). The molecule has 0 spiro atoms. The average Bonchev–Trinajstić information content (AvgIpc) is 2.92. The molecule has 2 aromatic rings. The molecule has 2 aliphatic rings. The minimum Gasteiger partial charge on any atom is -0.490 e. The summed E-state index contributed by atoms with van der Waals surface area (Å²) >= 11 is 0. The molecule has 0 aromatic heterocycles. The summed E-state index contributed by atoms with van der Waals surface area (Å²) in [6.07, 6.45) is 4.35. The predicted octanol–water partition coefficient (Wildman–Crippen LogP) is 3.47. The molecule has 8 heteroatoms. The Kier molecular flexibility index (Phi) is 8.81. The number of para-hydroxylation sites is 1. The van der Waals surface area contributed by atoms with Gasteiger partial charge in [-0.15, -0.1) is 0 Å². The monoisotopic (exact) mass is 493 g/mol. The van der Waals surface area contributed by atoms with Crippen LogP contribution in [0, 0.1) is 11.8 Å². The van der Waals surface area contributed by atoms with Crippen LogP contribution in [0.4, 0.5) is 5.69 Å². The van der Waals surface area contributed by atoms with E-state index >= 15 is 0 Å². The number of rotatable bonds is 9. The Morgan fingerprint density at radius 2 is 1.44 bits per heavy atom. The summed E-state index contributed by atoms with van der Waals surface area (Å²) in [5.74, 6) is -0.464. The average molecular weight is 494 g/mol. The van der Waals surface area contributed by atoms with E-state index in [1.807, 2.05) is 18.2 Å². The number of ether oxygens (including phenoxy) is 1. The second-order valence-corrected chi connectivity index (χ2v) is 9.60. The Morgan fingerprint density at radius 3 is 2.08 bits per heavy atom. The number of carbonyl (C=O) groups excluding carboxylic acids is 2. The number of nitrogens with zero attached hydrogens (tertiary/aromatic N) is 1. The zero-order chi connectivity index (χ0) is 25.3. The highest BCUT2D eigenvalue weighted by molar-refractivity contribution is 5.94. The van der Waals surface area contributed by atoms with Gasteiger partial charge >= 0.3 is 5.97 Å². The van der Waals surface area contributed by atoms with Crippen LogP contribution in [0.2, 0.25) is 0 Å². The summed E-state index contributed by atoms with van der Waals surface area (Å²) in [6, 6.07) is 17.2. The third kappa shape index (κ3) is 6.99. The van der Waals surface area contributed by atoms with Crippen molar-refractivity contribution in [2.75, 3.05) is 31.1 Å². The zero-order valence-corrected chi connectivity index (χ0v) is 20.5. The maximum Gasteiger partial charge on any atom is 0.306 e. The molecule has 3 N–H and O–H groups in total. The van der Waals surface area contributed by atoms with E-state index in [0.717, 1.165) is 38.8 Å². The molecule has 0 atom stereocenters. The van der Waals surface area contributed by atoms with Crippen molar-refractivity contribution in [1.82, 2.24) is 10.6 Å². The van der Waals surface area contributed by atoms with Gasteiger partial charge in [-0.1, -0.05) is 18.2 Å². The highest BCUT2D eigenvalue weighted by Crippen LogP contribution is 2.28. The van der Waals surface area contributed by atoms with Crippen LogP contribution in [0.25, 0.3) is 0 Å². The molecule has 2 fully saturated rings. The number of carboxylic acids is 1. The predicted molar refractivity (Wildman–Crippen MR) is 137 cm³/mol. The topological polar surface area (TPSA) is 108 Å². The van der Waals surface area contributed by atoms with Crippen molar-refractivity contribution in [2.45, 2.75) is 44.6 Å². The molecule has 8 nitrogen and oxygen atoms in total. The van der Waals surface area contributed by atoms with Crippen LogP contribution in [0.5, 0.6) is 5.75 Å². The van der Waals surface area contributed by atoms with Gasteiger partial charge in [-0.25, -0.2) is 0 Å². The normalized spacial score (nSPS) is 20.4. The molecule has 1 saturated carbocycles. The molecule has 2 aromatic carbocycles. The van der Waals surface area contributed by atoms with Crippen LogP contribution in [0.3, 0.4) is 0 Å². The lowest BCUT2D eigenvalue weighted by Crippen LogP contribution is -2.42. The molecule has 2 amide bonds. The lowest BCUT2D eigenvalue weighted by molar-refractivity contribution is -0.143. The molecule has 0 bridgehead atoms. The summed E-state index contributed by atoms with van der Waals surface area (Å²) in [6.45, 7) is 2.48. The van der Waals surface area contributed by atoms with E-state index in [2.05, 4.69) is 27.7 Å². The minimum atomic E-state index is -0.729. The summed E-state index contributed by atoms with van der Waals surface area (Å²) in [7, 11) is 0.